The van der Waals surface area contributed by atoms with Gasteiger partial charge in [0.05, 0.1) is 12.9 Å². The summed E-state index contributed by atoms with van der Waals surface area (Å²) in [5.74, 6) is 0.464. The number of aliphatic hydroxyl groups excluding tert-OH is 2. The van der Waals surface area contributed by atoms with Gasteiger partial charge < -0.3 is 20.3 Å². The number of halogens is 2. The predicted molar refractivity (Wildman–Crippen MR) is 118 cm³/mol. The van der Waals surface area contributed by atoms with Crippen molar-refractivity contribution in [1.82, 2.24) is 25.0 Å². The second-order valence-corrected chi connectivity index (χ2v) is 8.29. The molecule has 4 atom stereocenters. The molecule has 0 aliphatic carbocycles. The number of hydrogen-bond donors (Lipinski definition) is 4. The van der Waals surface area contributed by atoms with Crippen LogP contribution in [0, 0.1) is 3.57 Å². The summed E-state index contributed by atoms with van der Waals surface area (Å²) in [4.78, 5) is 18.0. The normalized spacial score (nSPS) is 23.9. The highest BCUT2D eigenvalue weighted by molar-refractivity contribution is 14.1. The van der Waals surface area contributed by atoms with Crippen LogP contribution in [0.3, 0.4) is 0 Å². The van der Waals surface area contributed by atoms with E-state index in [4.69, 9.17) is 21.2 Å². The van der Waals surface area contributed by atoms with Crippen LogP contribution in [-0.2, 0) is 16.1 Å². The Labute approximate surface area is 190 Å². The highest BCUT2D eigenvalue weighted by atomic mass is 127. The Bertz CT molecular complexity index is 1040. The van der Waals surface area contributed by atoms with Crippen LogP contribution in [0.25, 0.3) is 11.2 Å². The Morgan fingerprint density at radius 1 is 1.30 bits per heavy atom. The second-order valence-electron chi connectivity index (χ2n) is 6.71. The van der Waals surface area contributed by atoms with Crippen molar-refractivity contribution in [3.8, 4) is 0 Å². The number of nitrogens with zero attached hydrogens (tertiary/aromatic N) is 4. The predicted octanol–water partition coefficient (Wildman–Crippen LogP) is 1.47. The van der Waals surface area contributed by atoms with Gasteiger partial charge in [-0.15, -0.1) is 0 Å². The minimum absolute atomic E-state index is 0.0255. The van der Waals surface area contributed by atoms with E-state index in [-0.39, 0.29) is 11.9 Å². The largest absolute Gasteiger partial charge is 0.387 e. The minimum atomic E-state index is -1.19. The first-order valence-corrected chi connectivity index (χ1v) is 10.6. The van der Waals surface area contributed by atoms with E-state index in [1.54, 1.807) is 7.05 Å². The number of imidazole rings is 1. The molecule has 1 aromatic carbocycles. The molecule has 0 saturated carbocycles. The Morgan fingerprint density at radius 2 is 2.13 bits per heavy atom. The molecular weight excluding hydrogens is 527 g/mol. The van der Waals surface area contributed by atoms with E-state index >= 15 is 0 Å². The topological polar surface area (TPSA) is 127 Å². The number of hydrogen-bond acceptors (Lipinski definition) is 9. The van der Waals surface area contributed by atoms with Crippen molar-refractivity contribution in [3.63, 3.8) is 0 Å². The number of hydroxylamine groups is 1. The van der Waals surface area contributed by atoms with Gasteiger partial charge in [0.25, 0.3) is 0 Å². The molecule has 4 N–H and O–H groups in total. The van der Waals surface area contributed by atoms with Crippen LogP contribution in [0.15, 0.2) is 30.6 Å². The molecule has 10 nitrogen and oxygen atoms in total. The third-order valence-corrected chi connectivity index (χ3v) is 5.59. The summed E-state index contributed by atoms with van der Waals surface area (Å²) in [5.41, 5.74) is 4.45. The summed E-state index contributed by atoms with van der Waals surface area (Å²) in [6.45, 7) is 0.590. The number of fused-ring (bicyclic) bond motifs is 1. The van der Waals surface area contributed by atoms with Crippen molar-refractivity contribution in [2.75, 3.05) is 19.0 Å². The molecule has 30 heavy (non-hydrogen) atoms. The van der Waals surface area contributed by atoms with Gasteiger partial charge in [-0.3, -0.25) is 9.40 Å². The van der Waals surface area contributed by atoms with Gasteiger partial charge in [0, 0.05) is 17.2 Å². The maximum Gasteiger partial charge on any atom is 0.226 e. The van der Waals surface area contributed by atoms with Gasteiger partial charge in [0.1, 0.15) is 18.3 Å². The zero-order valence-corrected chi connectivity index (χ0v) is 18.8. The number of nitrogens with one attached hydrogen (secondary N) is 2. The van der Waals surface area contributed by atoms with Crippen molar-refractivity contribution < 1.29 is 19.8 Å². The molecule has 1 saturated heterocycles. The van der Waals surface area contributed by atoms with Crippen LogP contribution in [0.2, 0.25) is 5.28 Å². The van der Waals surface area contributed by atoms with Crippen molar-refractivity contribution in [1.29, 1.82) is 0 Å². The van der Waals surface area contributed by atoms with E-state index in [9.17, 15) is 10.2 Å². The van der Waals surface area contributed by atoms with Crippen molar-refractivity contribution in [2.45, 2.75) is 31.1 Å². The van der Waals surface area contributed by atoms with Crippen LogP contribution < -0.4 is 10.8 Å². The second kappa shape index (κ2) is 9.26. The highest BCUT2D eigenvalue weighted by Crippen LogP contribution is 2.33. The summed E-state index contributed by atoms with van der Waals surface area (Å²) >= 11 is 8.40. The molecule has 3 heterocycles. The minimum Gasteiger partial charge on any atom is -0.387 e. The molecule has 12 heteroatoms. The zero-order valence-electron chi connectivity index (χ0n) is 15.9. The van der Waals surface area contributed by atoms with Crippen LogP contribution in [0.5, 0.6) is 0 Å². The molecule has 3 aromatic rings. The van der Waals surface area contributed by atoms with Crippen LogP contribution in [0.4, 0.5) is 5.82 Å². The van der Waals surface area contributed by atoms with Gasteiger partial charge in [-0.25, -0.2) is 10.5 Å². The van der Waals surface area contributed by atoms with Crippen molar-refractivity contribution >= 4 is 51.2 Å². The fourth-order valence-electron chi connectivity index (χ4n) is 3.29. The van der Waals surface area contributed by atoms with E-state index < -0.39 is 24.5 Å². The lowest BCUT2D eigenvalue weighted by molar-refractivity contribution is -0.0819. The Hall–Kier alpha value is -1.61. The van der Waals surface area contributed by atoms with Gasteiger partial charge in [-0.2, -0.15) is 9.97 Å². The molecule has 1 aliphatic rings. The number of anilines is 1. The fraction of sp³-hybridized carbons (Fsp3) is 0.389. The van der Waals surface area contributed by atoms with Crippen LogP contribution >= 0.6 is 34.2 Å². The lowest BCUT2D eigenvalue weighted by atomic mass is 10.1. The maximum absolute atomic E-state index is 10.5. The quantitative estimate of drug-likeness (QED) is 0.198. The van der Waals surface area contributed by atoms with E-state index in [2.05, 4.69) is 54.4 Å². The molecular formula is C18H20ClIN6O4. The lowest BCUT2D eigenvalue weighted by Crippen LogP contribution is -2.34. The van der Waals surface area contributed by atoms with Gasteiger partial charge in [-0.05, 0) is 51.9 Å². The SMILES string of the molecule is CNOC[C@H]1O[C@@H](n2cnc3c(NCc4cccc(I)c4)nc(Cl)nc32)[C@H](O)[C@@H]1O. The molecule has 0 unspecified atom stereocenters. The molecule has 0 spiro atoms. The van der Waals surface area contributed by atoms with Crippen molar-refractivity contribution in [3.05, 3.63) is 45.0 Å². The Morgan fingerprint density at radius 3 is 2.90 bits per heavy atom. The number of rotatable bonds is 7. The summed E-state index contributed by atoms with van der Waals surface area (Å²) in [6.07, 6.45) is -2.45. The number of aromatic nitrogens is 4. The lowest BCUT2D eigenvalue weighted by Gasteiger charge is -2.16. The standard InChI is InChI=1S/C18H20ClIN6O4/c1-21-29-7-11-13(27)14(28)17(30-11)26-8-23-12-15(24-18(19)25-16(12)26)22-6-9-3-2-4-10(20)5-9/h2-5,8,11,13-14,17,21,27-28H,6-7H2,1H3,(H,22,24,25)/t11-,13-,14-,17-/m1/s1. The van der Waals surface area contributed by atoms with Crippen molar-refractivity contribution in [2.24, 2.45) is 0 Å². The van der Waals surface area contributed by atoms with Crippen LogP contribution in [-0.4, -0.2) is 61.7 Å². The summed E-state index contributed by atoms with van der Waals surface area (Å²) in [7, 11) is 1.60. The summed E-state index contributed by atoms with van der Waals surface area (Å²) in [5, 5.41) is 24.0. The first-order chi connectivity index (χ1) is 14.5. The first-order valence-electron chi connectivity index (χ1n) is 9.16. The summed E-state index contributed by atoms with van der Waals surface area (Å²) in [6, 6.07) is 8.06. The molecule has 0 amide bonds. The fourth-order valence-corrected chi connectivity index (χ4v) is 4.07. The number of aliphatic hydroxyl groups is 2. The van der Waals surface area contributed by atoms with Gasteiger partial charge in [0.2, 0.25) is 5.28 Å². The van der Waals surface area contributed by atoms with Crippen LogP contribution in [0.1, 0.15) is 11.8 Å². The number of ether oxygens (including phenoxy) is 1. The average molecular weight is 547 g/mol. The molecule has 160 valence electrons. The van der Waals surface area contributed by atoms with E-state index in [0.29, 0.717) is 23.5 Å². The molecule has 1 fully saturated rings. The maximum atomic E-state index is 10.5. The van der Waals surface area contributed by atoms with E-state index in [1.165, 1.54) is 10.9 Å². The first kappa shape index (κ1) is 21.6. The Kier molecular flexibility index (Phi) is 6.67. The molecule has 0 radical (unpaired) electrons. The van der Waals surface area contributed by atoms with E-state index in [0.717, 1.165) is 9.13 Å². The zero-order chi connectivity index (χ0) is 21.3. The molecule has 1 aliphatic heterocycles. The third-order valence-electron chi connectivity index (χ3n) is 4.75. The molecule has 0 bridgehead atoms. The van der Waals surface area contributed by atoms with Gasteiger partial charge >= 0.3 is 0 Å². The highest BCUT2D eigenvalue weighted by Gasteiger charge is 2.44. The summed E-state index contributed by atoms with van der Waals surface area (Å²) < 4.78 is 8.46. The van der Waals surface area contributed by atoms with Gasteiger partial charge in [0.15, 0.2) is 23.2 Å². The molecule has 2 aromatic heterocycles. The Balaban J connectivity index is 1.60. The third kappa shape index (κ3) is 4.37. The average Bonchev–Trinajstić information content (AvgIpc) is 3.26. The van der Waals surface area contributed by atoms with E-state index in [1.807, 2.05) is 18.2 Å². The monoisotopic (exact) mass is 546 g/mol. The molecule has 4 rings (SSSR count). The number of benzene rings is 1. The smallest absolute Gasteiger partial charge is 0.226 e. The van der Waals surface area contributed by atoms with Gasteiger partial charge in [-0.1, -0.05) is 12.1 Å².